The fourth-order valence-electron chi connectivity index (χ4n) is 4.50. The Balaban J connectivity index is 1.76. The number of aromatic nitrogens is 2. The van der Waals surface area contributed by atoms with Gasteiger partial charge in [-0.05, 0) is 38.1 Å². The Hall–Kier alpha value is -3.46. The number of rotatable bonds is 9. The lowest BCUT2D eigenvalue weighted by Gasteiger charge is -2.38. The molecule has 0 bridgehead atoms. The van der Waals surface area contributed by atoms with E-state index in [0.29, 0.717) is 0 Å². The number of carbonyl (C=O) groups excluding carboxylic acids is 1. The standard InChI is InChI=1S/C27H35N5O7S2/c1-18-9-11-21(12-10-18)40(35,36)29-23-8-6-7-22-26(23)39-24(19(2)13-32(27(22)34)20(3)16-33)14-31(5)41(37,38)25-15-30(4)17-28-25/h6-12,15,17,19-20,24,29,33H,13-14,16H2,1-5H3/t19-,20+,24+/m1/s1. The average molecular weight is 606 g/mol. The second-order valence-corrected chi connectivity index (χ2v) is 14.1. The van der Waals surface area contributed by atoms with E-state index in [1.54, 1.807) is 33.0 Å². The van der Waals surface area contributed by atoms with Crippen LogP contribution >= 0.6 is 0 Å². The van der Waals surface area contributed by atoms with E-state index < -0.39 is 44.0 Å². The number of aliphatic hydroxyl groups excluding tert-OH is 1. The van der Waals surface area contributed by atoms with Crippen LogP contribution in [0.5, 0.6) is 5.75 Å². The summed E-state index contributed by atoms with van der Waals surface area (Å²) in [7, 11) is -4.96. The van der Waals surface area contributed by atoms with Crippen LogP contribution in [-0.2, 0) is 27.1 Å². The predicted octanol–water partition coefficient (Wildman–Crippen LogP) is 2.07. The zero-order valence-electron chi connectivity index (χ0n) is 23.6. The maximum Gasteiger partial charge on any atom is 0.262 e. The minimum absolute atomic E-state index is 0.0245. The normalized spacial score (nSPS) is 18.8. The van der Waals surface area contributed by atoms with E-state index in [0.717, 1.165) is 9.87 Å². The molecule has 41 heavy (non-hydrogen) atoms. The van der Waals surface area contributed by atoms with Crippen LogP contribution in [0.15, 0.2) is 64.9 Å². The smallest absolute Gasteiger partial charge is 0.262 e. The number of hydrogen-bond acceptors (Lipinski definition) is 8. The number of para-hydroxylation sites is 1. The van der Waals surface area contributed by atoms with Gasteiger partial charge < -0.3 is 19.3 Å². The molecule has 0 unspecified atom stereocenters. The first-order valence-corrected chi connectivity index (χ1v) is 15.9. The van der Waals surface area contributed by atoms with Gasteiger partial charge in [-0.25, -0.2) is 21.8 Å². The van der Waals surface area contributed by atoms with Gasteiger partial charge in [0.05, 0.1) is 41.7 Å². The Bertz CT molecular complexity index is 1620. The largest absolute Gasteiger partial charge is 0.486 e. The lowest BCUT2D eigenvalue weighted by Crippen LogP contribution is -2.50. The van der Waals surface area contributed by atoms with E-state index in [2.05, 4.69) is 9.71 Å². The number of sulfonamides is 2. The van der Waals surface area contributed by atoms with Crippen molar-refractivity contribution in [3.05, 3.63) is 66.1 Å². The van der Waals surface area contributed by atoms with Gasteiger partial charge in [0.2, 0.25) is 0 Å². The molecule has 0 saturated heterocycles. The molecule has 1 aliphatic rings. The van der Waals surface area contributed by atoms with E-state index in [1.807, 2.05) is 6.92 Å². The van der Waals surface area contributed by atoms with Gasteiger partial charge in [0.25, 0.3) is 26.0 Å². The van der Waals surface area contributed by atoms with Crippen molar-refractivity contribution in [2.24, 2.45) is 13.0 Å². The van der Waals surface area contributed by atoms with Crippen LogP contribution < -0.4 is 9.46 Å². The zero-order valence-corrected chi connectivity index (χ0v) is 25.2. The summed E-state index contributed by atoms with van der Waals surface area (Å²) < 4.78 is 64.6. The summed E-state index contributed by atoms with van der Waals surface area (Å²) >= 11 is 0. The summed E-state index contributed by atoms with van der Waals surface area (Å²) in [6.07, 6.45) is 1.98. The van der Waals surface area contributed by atoms with Crippen LogP contribution in [0.3, 0.4) is 0 Å². The van der Waals surface area contributed by atoms with Gasteiger partial charge in [-0.1, -0.05) is 30.7 Å². The first-order valence-electron chi connectivity index (χ1n) is 13.0. The van der Waals surface area contributed by atoms with Crippen LogP contribution in [-0.4, -0.2) is 85.5 Å². The number of amides is 1. The molecule has 0 spiro atoms. The SMILES string of the molecule is Cc1ccc(S(=O)(=O)Nc2cccc3c2O[C@@H](CN(C)S(=O)(=O)c2cn(C)cn2)[C@H](C)CN([C@@H](C)CO)C3=O)cc1. The van der Waals surface area contributed by atoms with Gasteiger partial charge in [-0.2, -0.15) is 4.31 Å². The summed E-state index contributed by atoms with van der Waals surface area (Å²) in [4.78, 5) is 19.2. The van der Waals surface area contributed by atoms with E-state index >= 15 is 0 Å². The molecule has 3 atom stereocenters. The number of benzene rings is 2. The van der Waals surface area contributed by atoms with Crippen LogP contribution in [0.1, 0.15) is 29.8 Å². The highest BCUT2D eigenvalue weighted by Gasteiger charge is 2.37. The topological polar surface area (TPSA) is 151 Å². The van der Waals surface area contributed by atoms with Gasteiger partial charge in [0.15, 0.2) is 10.8 Å². The summed E-state index contributed by atoms with van der Waals surface area (Å²) in [5, 5.41) is 9.76. The second kappa shape index (κ2) is 11.8. The molecule has 12 nitrogen and oxygen atoms in total. The number of likely N-dealkylation sites (N-methyl/N-ethyl adjacent to an activating group) is 1. The number of aliphatic hydroxyl groups is 1. The first-order chi connectivity index (χ1) is 19.2. The Morgan fingerprint density at radius 1 is 1.17 bits per heavy atom. The Morgan fingerprint density at radius 3 is 2.46 bits per heavy atom. The van der Waals surface area contributed by atoms with Gasteiger partial charge in [0, 0.05) is 32.8 Å². The maximum absolute atomic E-state index is 13.7. The molecule has 0 fully saturated rings. The van der Waals surface area contributed by atoms with Crippen molar-refractivity contribution in [3.8, 4) is 5.75 Å². The zero-order chi connectivity index (χ0) is 30.1. The van der Waals surface area contributed by atoms with Gasteiger partial charge in [0.1, 0.15) is 6.10 Å². The van der Waals surface area contributed by atoms with Crippen LogP contribution in [0, 0.1) is 12.8 Å². The molecule has 0 aliphatic carbocycles. The third kappa shape index (κ3) is 6.40. The number of fused-ring (bicyclic) bond motifs is 1. The molecule has 1 amide bonds. The molecule has 2 N–H and O–H groups in total. The monoisotopic (exact) mass is 605 g/mol. The van der Waals surface area contributed by atoms with E-state index in [4.69, 9.17) is 4.74 Å². The number of hydrogen-bond donors (Lipinski definition) is 2. The van der Waals surface area contributed by atoms with Crippen LogP contribution in [0.25, 0.3) is 0 Å². The van der Waals surface area contributed by atoms with E-state index in [9.17, 15) is 26.7 Å². The molecule has 14 heteroatoms. The molecule has 1 aliphatic heterocycles. The number of imidazole rings is 1. The van der Waals surface area contributed by atoms with Gasteiger partial charge >= 0.3 is 0 Å². The van der Waals surface area contributed by atoms with Crippen molar-refractivity contribution in [2.45, 2.75) is 42.8 Å². The quantitative estimate of drug-likeness (QED) is 0.376. The summed E-state index contributed by atoms with van der Waals surface area (Å²) in [5.41, 5.74) is 1.01. The number of nitrogens with zero attached hydrogens (tertiary/aromatic N) is 4. The number of anilines is 1. The lowest BCUT2D eigenvalue weighted by atomic mass is 9.99. The molecule has 1 aromatic heterocycles. The third-order valence-electron chi connectivity index (χ3n) is 7.06. The number of carbonyl (C=O) groups is 1. The fourth-order valence-corrected chi connectivity index (χ4v) is 6.70. The van der Waals surface area contributed by atoms with E-state index in [-0.39, 0.29) is 46.6 Å². The molecule has 2 heterocycles. The first kappa shape index (κ1) is 30.5. The van der Waals surface area contributed by atoms with Crippen molar-refractivity contribution < 1.29 is 31.5 Å². The van der Waals surface area contributed by atoms with Gasteiger partial charge in [-0.15, -0.1) is 0 Å². The van der Waals surface area contributed by atoms with Crippen molar-refractivity contribution in [1.29, 1.82) is 0 Å². The molecule has 2 aromatic carbocycles. The second-order valence-electron chi connectivity index (χ2n) is 10.4. The minimum atomic E-state index is -4.06. The molecular formula is C27H35N5O7S2. The maximum atomic E-state index is 13.7. The van der Waals surface area contributed by atoms with Crippen molar-refractivity contribution in [2.75, 3.05) is 31.5 Å². The fraction of sp³-hybridized carbons (Fsp3) is 0.407. The Kier molecular flexibility index (Phi) is 8.78. The van der Waals surface area contributed by atoms with Gasteiger partial charge in [-0.3, -0.25) is 9.52 Å². The highest BCUT2D eigenvalue weighted by atomic mass is 32.2. The highest BCUT2D eigenvalue weighted by molar-refractivity contribution is 7.92. The summed E-state index contributed by atoms with van der Waals surface area (Å²) in [6.45, 7) is 5.10. The number of nitrogens with one attached hydrogen (secondary N) is 1. The highest BCUT2D eigenvalue weighted by Crippen LogP contribution is 2.36. The Morgan fingerprint density at radius 2 is 1.85 bits per heavy atom. The average Bonchev–Trinajstić information content (AvgIpc) is 3.37. The minimum Gasteiger partial charge on any atom is -0.486 e. The summed E-state index contributed by atoms with van der Waals surface area (Å²) in [5.74, 6) is -0.884. The molecule has 3 aromatic rings. The molecule has 0 saturated carbocycles. The van der Waals surface area contributed by atoms with E-state index in [1.165, 1.54) is 59.4 Å². The van der Waals surface area contributed by atoms with Crippen LogP contribution in [0.4, 0.5) is 5.69 Å². The van der Waals surface area contributed by atoms with Crippen molar-refractivity contribution in [3.63, 3.8) is 0 Å². The number of ether oxygens (including phenoxy) is 1. The van der Waals surface area contributed by atoms with Crippen LogP contribution in [0.2, 0.25) is 0 Å². The molecular weight excluding hydrogens is 570 g/mol. The molecule has 4 rings (SSSR count). The summed E-state index contributed by atoms with van der Waals surface area (Å²) in [6, 6.07) is 10.3. The number of aryl methyl sites for hydroxylation is 2. The lowest BCUT2D eigenvalue weighted by molar-refractivity contribution is 0.0389. The molecule has 222 valence electrons. The predicted molar refractivity (Wildman–Crippen MR) is 153 cm³/mol. The van der Waals surface area contributed by atoms with Crippen molar-refractivity contribution in [1.82, 2.24) is 18.8 Å². The van der Waals surface area contributed by atoms with Crippen molar-refractivity contribution >= 4 is 31.6 Å². The third-order valence-corrected chi connectivity index (χ3v) is 10.2. The molecule has 0 radical (unpaired) electrons. The Labute approximate surface area is 240 Å².